The van der Waals surface area contributed by atoms with Crippen LogP contribution in [0.3, 0.4) is 0 Å². The van der Waals surface area contributed by atoms with Gasteiger partial charge in [0.05, 0.1) is 32.0 Å². The van der Waals surface area contributed by atoms with Gasteiger partial charge in [-0.2, -0.15) is 18.2 Å². The Morgan fingerprint density at radius 2 is 1.78 bits per heavy atom. The van der Waals surface area contributed by atoms with Crippen LogP contribution in [0.15, 0.2) is 18.3 Å². The number of benzene rings is 1. The molecule has 0 bridgehead atoms. The maximum absolute atomic E-state index is 15.2. The van der Waals surface area contributed by atoms with Crippen LogP contribution >= 0.6 is 0 Å². The van der Waals surface area contributed by atoms with Crippen LogP contribution in [0.4, 0.5) is 35.0 Å². The third-order valence-corrected chi connectivity index (χ3v) is 8.16. The third kappa shape index (κ3) is 8.92. The van der Waals surface area contributed by atoms with Crippen LogP contribution in [0.1, 0.15) is 54.4 Å². The molecule has 45 heavy (non-hydrogen) atoms. The average molecular weight is 641 g/mol. The molecular weight excluding hydrogens is 600 g/mol. The van der Waals surface area contributed by atoms with E-state index in [1.54, 1.807) is 0 Å². The summed E-state index contributed by atoms with van der Waals surface area (Å²) in [5.74, 6) is -2.41. The van der Waals surface area contributed by atoms with Gasteiger partial charge in [0, 0.05) is 37.4 Å². The molecule has 1 aliphatic heterocycles. The predicted octanol–water partition coefficient (Wildman–Crippen LogP) is 3.54. The summed E-state index contributed by atoms with van der Waals surface area (Å²) in [4.78, 5) is 40.0. The number of carbonyl (C=O) groups is 2. The van der Waals surface area contributed by atoms with Crippen molar-refractivity contribution in [3.63, 3.8) is 0 Å². The van der Waals surface area contributed by atoms with E-state index in [-0.39, 0.29) is 47.5 Å². The molecule has 2 fully saturated rings. The minimum absolute atomic E-state index is 0.0227. The Balaban J connectivity index is 1.54. The van der Waals surface area contributed by atoms with Crippen LogP contribution in [-0.4, -0.2) is 97.8 Å². The second-order valence-corrected chi connectivity index (χ2v) is 11.3. The number of hydrogen-bond donors (Lipinski definition) is 4. The number of ether oxygens (including phenoxy) is 1. The number of aromatic nitrogens is 2. The van der Waals surface area contributed by atoms with Gasteiger partial charge in [-0.25, -0.2) is 14.4 Å². The number of carbonyl (C=O) groups excluding carboxylic acids is 2. The highest BCUT2D eigenvalue weighted by Crippen LogP contribution is 2.36. The van der Waals surface area contributed by atoms with Crippen molar-refractivity contribution in [1.82, 2.24) is 30.6 Å². The van der Waals surface area contributed by atoms with Crippen LogP contribution < -0.4 is 26.0 Å². The van der Waals surface area contributed by atoms with E-state index in [0.717, 1.165) is 49.9 Å². The minimum Gasteiger partial charge on any atom is -0.495 e. The normalized spacial score (nSPS) is 19.6. The molecular formula is C29H40F4N8O4. The number of likely N-dealkylation sites (tertiary alicyclic amines) is 1. The molecule has 2 heterocycles. The molecule has 2 aromatic rings. The number of amides is 2. The van der Waals surface area contributed by atoms with Crippen LogP contribution in [0.2, 0.25) is 0 Å². The van der Waals surface area contributed by atoms with Crippen molar-refractivity contribution in [1.29, 1.82) is 0 Å². The Kier molecular flexibility index (Phi) is 11.4. The first-order chi connectivity index (χ1) is 21.4. The number of halogens is 4. The van der Waals surface area contributed by atoms with Gasteiger partial charge < -0.3 is 30.9 Å². The van der Waals surface area contributed by atoms with E-state index in [0.29, 0.717) is 19.0 Å². The first-order valence-electron chi connectivity index (χ1n) is 14.8. The van der Waals surface area contributed by atoms with Gasteiger partial charge in [-0.15, -0.1) is 0 Å². The summed E-state index contributed by atoms with van der Waals surface area (Å²) in [7, 11) is 6.13. The third-order valence-electron chi connectivity index (χ3n) is 8.16. The van der Waals surface area contributed by atoms with E-state index in [1.165, 1.54) is 27.3 Å². The van der Waals surface area contributed by atoms with Gasteiger partial charge in [0.15, 0.2) is 0 Å². The summed E-state index contributed by atoms with van der Waals surface area (Å²) in [6.45, 7) is 1.56. The maximum Gasteiger partial charge on any atom is 0.421 e. The molecule has 12 nitrogen and oxygen atoms in total. The number of methoxy groups -OCH3 is 1. The number of hydroxylamine groups is 2. The SMILES string of the molecule is COc1cc(C(=O)NC2CCN(C)CC2)c(F)cc1Nc1ncc(C(F)(F)F)c(N[C@@H]2CCCC[C@H]2NCC(=O)N(C)OC)n1. The fraction of sp³-hybridized carbons (Fsp3) is 0.586. The first-order valence-corrected chi connectivity index (χ1v) is 14.8. The number of hydrogen-bond acceptors (Lipinski definition) is 10. The van der Waals surface area contributed by atoms with E-state index < -0.39 is 35.3 Å². The van der Waals surface area contributed by atoms with Gasteiger partial charge in [0.2, 0.25) is 5.95 Å². The first kappa shape index (κ1) is 34.1. The standard InChI is InChI=1S/C29H40F4N8O4/c1-40-11-9-17(10-12-40)36-27(43)18-13-24(44-3)23(14-20(18)30)38-28-35-15-19(29(31,32)33)26(39-28)37-22-8-6-5-7-21(22)34-16-25(42)41(2)45-4/h13-15,17,21-22,34H,5-12,16H2,1-4H3,(H,36,43)(H2,35,37,38,39)/t21-,22-/m1/s1. The average Bonchev–Trinajstić information content (AvgIpc) is 3.00. The number of rotatable bonds is 11. The molecule has 1 aromatic heterocycles. The van der Waals surface area contributed by atoms with Gasteiger partial charge in [-0.05, 0) is 51.9 Å². The predicted molar refractivity (Wildman–Crippen MR) is 159 cm³/mol. The molecule has 1 saturated carbocycles. The summed E-state index contributed by atoms with van der Waals surface area (Å²) in [6, 6.07) is 1.37. The Morgan fingerprint density at radius 3 is 2.42 bits per heavy atom. The quantitative estimate of drug-likeness (QED) is 0.214. The summed E-state index contributed by atoms with van der Waals surface area (Å²) < 4.78 is 62.5. The highest BCUT2D eigenvalue weighted by molar-refractivity contribution is 5.96. The van der Waals surface area contributed by atoms with Gasteiger partial charge >= 0.3 is 6.18 Å². The second kappa shape index (κ2) is 15.0. The number of likely N-dealkylation sites (N-methyl/N-ethyl adjacent to an activating group) is 1. The molecule has 1 saturated heterocycles. The molecule has 0 spiro atoms. The molecule has 1 aromatic carbocycles. The van der Waals surface area contributed by atoms with E-state index in [9.17, 15) is 22.8 Å². The zero-order valence-corrected chi connectivity index (χ0v) is 25.8. The molecule has 4 N–H and O–H groups in total. The van der Waals surface area contributed by atoms with Gasteiger partial charge in [-0.3, -0.25) is 14.4 Å². The van der Waals surface area contributed by atoms with Crippen LogP contribution in [-0.2, 0) is 15.8 Å². The molecule has 2 atom stereocenters. The molecule has 0 unspecified atom stereocenters. The number of piperidine rings is 1. The van der Waals surface area contributed by atoms with Crippen molar-refractivity contribution in [3.8, 4) is 5.75 Å². The zero-order chi connectivity index (χ0) is 32.7. The summed E-state index contributed by atoms with van der Waals surface area (Å²) >= 11 is 0. The lowest BCUT2D eigenvalue weighted by Gasteiger charge is -2.34. The summed E-state index contributed by atoms with van der Waals surface area (Å²) in [5, 5.41) is 12.7. The Morgan fingerprint density at radius 1 is 1.09 bits per heavy atom. The Labute approximate surface area is 259 Å². The lowest BCUT2D eigenvalue weighted by Crippen LogP contribution is -2.49. The molecule has 1 aliphatic carbocycles. The van der Waals surface area contributed by atoms with Gasteiger partial charge in [-0.1, -0.05) is 12.8 Å². The van der Waals surface area contributed by atoms with Crippen LogP contribution in [0.5, 0.6) is 5.75 Å². The molecule has 4 rings (SSSR count). The lowest BCUT2D eigenvalue weighted by atomic mass is 9.90. The Hall–Kier alpha value is -3.76. The monoisotopic (exact) mass is 640 g/mol. The zero-order valence-electron chi connectivity index (χ0n) is 25.8. The van der Waals surface area contributed by atoms with Crippen molar-refractivity contribution in [2.24, 2.45) is 0 Å². The summed E-state index contributed by atoms with van der Waals surface area (Å²) in [6.07, 6.45) is 0.141. The summed E-state index contributed by atoms with van der Waals surface area (Å²) in [5.41, 5.74) is -1.28. The highest BCUT2D eigenvalue weighted by atomic mass is 19.4. The van der Waals surface area contributed by atoms with E-state index in [1.807, 2.05) is 7.05 Å². The maximum atomic E-state index is 15.2. The number of alkyl halides is 3. The number of anilines is 3. The molecule has 16 heteroatoms. The minimum atomic E-state index is -4.76. The van der Waals surface area contributed by atoms with E-state index in [2.05, 4.69) is 36.1 Å². The lowest BCUT2D eigenvalue weighted by molar-refractivity contribution is -0.167. The number of nitrogens with zero attached hydrogens (tertiary/aromatic N) is 4. The largest absolute Gasteiger partial charge is 0.495 e. The van der Waals surface area contributed by atoms with Crippen molar-refractivity contribution in [2.75, 3.05) is 58.6 Å². The van der Waals surface area contributed by atoms with Crippen LogP contribution in [0.25, 0.3) is 0 Å². The molecule has 0 radical (unpaired) electrons. The van der Waals surface area contributed by atoms with Crippen molar-refractivity contribution in [2.45, 2.75) is 62.8 Å². The highest BCUT2D eigenvalue weighted by Gasteiger charge is 2.37. The molecule has 248 valence electrons. The Bertz CT molecular complexity index is 1340. The second-order valence-electron chi connectivity index (χ2n) is 11.3. The van der Waals surface area contributed by atoms with Crippen LogP contribution in [0, 0.1) is 5.82 Å². The topological polar surface area (TPSA) is 133 Å². The fourth-order valence-corrected chi connectivity index (χ4v) is 5.45. The molecule has 2 amide bonds. The van der Waals surface area contributed by atoms with Gasteiger partial charge in [0.1, 0.15) is 22.9 Å². The fourth-order valence-electron chi connectivity index (χ4n) is 5.45. The smallest absolute Gasteiger partial charge is 0.421 e. The van der Waals surface area contributed by atoms with E-state index in [4.69, 9.17) is 9.57 Å². The van der Waals surface area contributed by atoms with Crippen molar-refractivity contribution < 1.29 is 36.7 Å². The van der Waals surface area contributed by atoms with Gasteiger partial charge in [0.25, 0.3) is 11.8 Å². The van der Waals surface area contributed by atoms with Crippen molar-refractivity contribution >= 4 is 29.3 Å². The van der Waals surface area contributed by atoms with E-state index >= 15 is 4.39 Å². The molecule has 2 aliphatic rings. The van der Waals surface area contributed by atoms with Crippen molar-refractivity contribution in [3.05, 3.63) is 35.3 Å². The number of nitrogens with one attached hydrogen (secondary N) is 4.